The quantitative estimate of drug-likeness (QED) is 0.218. The van der Waals surface area contributed by atoms with E-state index >= 15 is 0 Å². The summed E-state index contributed by atoms with van der Waals surface area (Å²) < 4.78 is 2.32. The van der Waals surface area contributed by atoms with E-state index in [0.29, 0.717) is 4.88 Å². The van der Waals surface area contributed by atoms with Gasteiger partial charge >= 0.3 is 0 Å². The zero-order valence-corrected chi connectivity index (χ0v) is 24.0. The van der Waals surface area contributed by atoms with Crippen LogP contribution in [0.25, 0.3) is 40.9 Å². The highest BCUT2D eigenvalue weighted by Crippen LogP contribution is 2.46. The van der Waals surface area contributed by atoms with Crippen molar-refractivity contribution in [2.24, 2.45) is 0 Å². The average molecular weight is 573 g/mol. The number of thiazole rings is 2. The molecule has 4 aromatic heterocycles. The molecule has 5 nitrogen and oxygen atoms in total. The number of carbonyl (C=O) groups is 1. The standard InChI is InChI=1S/C29H24N4OS4/c1-2-14-33-15-13-17-24(16-33)38-29(25(17)28-31-19-8-4-6-10-21(19)37-28)32-26(34)22-11-12-23(35-22)27-30-18-7-3-5-9-20(18)36-27/h3-12H,2,13-16H2,1H3,(H,32,34). The Balaban J connectivity index is 1.23. The molecule has 9 heteroatoms. The first kappa shape index (κ1) is 24.1. The minimum Gasteiger partial charge on any atom is -0.312 e. The summed E-state index contributed by atoms with van der Waals surface area (Å²) in [5, 5.41) is 6.14. The average Bonchev–Trinajstić information content (AvgIpc) is 3.71. The molecule has 38 heavy (non-hydrogen) atoms. The Morgan fingerprint density at radius 2 is 1.61 bits per heavy atom. The summed E-state index contributed by atoms with van der Waals surface area (Å²) in [5.74, 6) is -0.0752. The molecule has 2 aromatic carbocycles. The Labute approximate surface area is 236 Å². The molecule has 0 unspecified atom stereocenters. The fourth-order valence-electron chi connectivity index (χ4n) is 4.97. The highest BCUT2D eigenvalue weighted by Gasteiger charge is 2.28. The van der Waals surface area contributed by atoms with Crippen molar-refractivity contribution in [2.45, 2.75) is 26.3 Å². The fraction of sp³-hybridized carbons (Fsp3) is 0.207. The molecule has 6 aromatic rings. The van der Waals surface area contributed by atoms with E-state index in [-0.39, 0.29) is 5.91 Å². The van der Waals surface area contributed by atoms with Gasteiger partial charge in [-0.3, -0.25) is 9.69 Å². The second kappa shape index (κ2) is 9.98. The minimum absolute atomic E-state index is 0.0752. The summed E-state index contributed by atoms with van der Waals surface area (Å²) in [6.45, 7) is 5.30. The summed E-state index contributed by atoms with van der Waals surface area (Å²) >= 11 is 6.58. The van der Waals surface area contributed by atoms with Gasteiger partial charge in [0.25, 0.3) is 5.91 Å². The number of para-hydroxylation sites is 2. The summed E-state index contributed by atoms with van der Waals surface area (Å²) in [6.07, 6.45) is 2.12. The number of nitrogens with zero attached hydrogens (tertiary/aromatic N) is 3. The van der Waals surface area contributed by atoms with Crippen LogP contribution in [-0.4, -0.2) is 33.9 Å². The Hall–Kier alpha value is -2.95. The number of aromatic nitrogens is 2. The van der Waals surface area contributed by atoms with E-state index in [1.807, 2.05) is 36.4 Å². The van der Waals surface area contributed by atoms with Gasteiger partial charge in [-0.2, -0.15) is 0 Å². The summed E-state index contributed by atoms with van der Waals surface area (Å²) in [6, 6.07) is 20.3. The van der Waals surface area contributed by atoms with Crippen molar-refractivity contribution in [3.63, 3.8) is 0 Å². The Bertz CT molecular complexity index is 1730. The van der Waals surface area contributed by atoms with Gasteiger partial charge in [0, 0.05) is 23.5 Å². The molecule has 190 valence electrons. The van der Waals surface area contributed by atoms with Crippen molar-refractivity contribution in [3.05, 3.63) is 76.0 Å². The molecule has 0 aliphatic carbocycles. The van der Waals surface area contributed by atoms with Crippen molar-refractivity contribution < 1.29 is 4.79 Å². The third-order valence-electron chi connectivity index (χ3n) is 6.75. The van der Waals surface area contributed by atoms with E-state index in [0.717, 1.165) is 73.7 Å². The van der Waals surface area contributed by atoms with Gasteiger partial charge in [-0.1, -0.05) is 31.2 Å². The molecule has 0 saturated carbocycles. The van der Waals surface area contributed by atoms with E-state index in [9.17, 15) is 4.79 Å². The number of fused-ring (bicyclic) bond motifs is 3. The Morgan fingerprint density at radius 1 is 0.895 bits per heavy atom. The van der Waals surface area contributed by atoms with Crippen molar-refractivity contribution in [3.8, 4) is 20.5 Å². The molecule has 0 fully saturated rings. The molecular weight excluding hydrogens is 549 g/mol. The molecule has 0 saturated heterocycles. The summed E-state index contributed by atoms with van der Waals surface area (Å²) in [5.41, 5.74) is 4.46. The molecule has 0 bridgehead atoms. The van der Waals surface area contributed by atoms with Crippen LogP contribution >= 0.6 is 45.3 Å². The third-order valence-corrected chi connectivity index (χ3v) is 11.2. The minimum atomic E-state index is -0.0752. The lowest BCUT2D eigenvalue weighted by molar-refractivity contribution is 0.103. The van der Waals surface area contributed by atoms with Crippen LogP contribution in [0, 0.1) is 0 Å². The Kier molecular flexibility index (Phi) is 6.33. The van der Waals surface area contributed by atoms with Gasteiger partial charge in [0.05, 0.1) is 30.2 Å². The topological polar surface area (TPSA) is 58.1 Å². The molecule has 0 radical (unpaired) electrons. The summed E-state index contributed by atoms with van der Waals surface area (Å²) in [4.78, 5) is 28.8. The highest BCUT2D eigenvalue weighted by atomic mass is 32.1. The number of thiophene rings is 2. The van der Waals surface area contributed by atoms with Crippen LogP contribution in [0.5, 0.6) is 0 Å². The zero-order valence-electron chi connectivity index (χ0n) is 20.7. The van der Waals surface area contributed by atoms with Crippen LogP contribution in [-0.2, 0) is 13.0 Å². The summed E-state index contributed by atoms with van der Waals surface area (Å²) in [7, 11) is 0. The maximum Gasteiger partial charge on any atom is 0.266 e. The lowest BCUT2D eigenvalue weighted by atomic mass is 10.0. The maximum absolute atomic E-state index is 13.5. The van der Waals surface area contributed by atoms with Gasteiger partial charge in [-0.25, -0.2) is 9.97 Å². The van der Waals surface area contributed by atoms with Crippen LogP contribution in [0.3, 0.4) is 0 Å². The smallest absolute Gasteiger partial charge is 0.266 e. The van der Waals surface area contributed by atoms with Crippen molar-refractivity contribution >= 4 is 76.7 Å². The lowest BCUT2D eigenvalue weighted by Gasteiger charge is -2.26. The number of rotatable bonds is 6. The van der Waals surface area contributed by atoms with Crippen LogP contribution in [0.15, 0.2) is 60.7 Å². The number of amides is 1. The van der Waals surface area contributed by atoms with Gasteiger partial charge in [-0.15, -0.1) is 45.3 Å². The highest BCUT2D eigenvalue weighted by molar-refractivity contribution is 7.26. The fourth-order valence-corrected chi connectivity index (χ4v) is 9.29. The third kappa shape index (κ3) is 4.38. The molecule has 1 aliphatic rings. The molecule has 1 amide bonds. The van der Waals surface area contributed by atoms with E-state index in [1.54, 1.807) is 34.0 Å². The van der Waals surface area contributed by atoms with Crippen LogP contribution in [0.2, 0.25) is 0 Å². The van der Waals surface area contributed by atoms with Gasteiger partial charge in [0.2, 0.25) is 0 Å². The first-order chi connectivity index (χ1) is 18.7. The van der Waals surface area contributed by atoms with E-state index in [1.165, 1.54) is 26.5 Å². The van der Waals surface area contributed by atoms with E-state index in [4.69, 9.17) is 9.97 Å². The number of carbonyl (C=O) groups excluding carboxylic acids is 1. The number of hydrogen-bond donors (Lipinski definition) is 1. The van der Waals surface area contributed by atoms with Crippen LogP contribution in [0.1, 0.15) is 33.5 Å². The van der Waals surface area contributed by atoms with E-state index in [2.05, 4.69) is 41.4 Å². The van der Waals surface area contributed by atoms with Crippen molar-refractivity contribution in [1.29, 1.82) is 0 Å². The second-order valence-electron chi connectivity index (χ2n) is 9.33. The SMILES string of the molecule is CCCN1CCc2c(sc(NC(=O)c3ccc(-c4nc5ccccc5s4)s3)c2-c2nc3ccccc3s2)C1. The first-order valence-electron chi connectivity index (χ1n) is 12.7. The maximum atomic E-state index is 13.5. The molecule has 0 spiro atoms. The molecule has 1 aliphatic heterocycles. The second-order valence-corrected chi connectivity index (χ2v) is 13.6. The van der Waals surface area contributed by atoms with Gasteiger partial charge in [-0.05, 0) is 61.3 Å². The number of hydrogen-bond acceptors (Lipinski definition) is 8. The Morgan fingerprint density at radius 3 is 2.34 bits per heavy atom. The molecule has 0 atom stereocenters. The van der Waals surface area contributed by atoms with Gasteiger partial charge < -0.3 is 5.32 Å². The van der Waals surface area contributed by atoms with Crippen molar-refractivity contribution in [2.75, 3.05) is 18.4 Å². The first-order valence-corrected chi connectivity index (χ1v) is 15.9. The van der Waals surface area contributed by atoms with E-state index < -0.39 is 0 Å². The van der Waals surface area contributed by atoms with Gasteiger partial charge in [0.1, 0.15) is 15.0 Å². The predicted octanol–water partition coefficient (Wildman–Crippen LogP) is 8.38. The monoisotopic (exact) mass is 572 g/mol. The number of benzene rings is 2. The zero-order chi connectivity index (χ0) is 25.6. The molecule has 1 N–H and O–H groups in total. The van der Waals surface area contributed by atoms with Crippen molar-refractivity contribution in [1.82, 2.24) is 14.9 Å². The number of anilines is 1. The van der Waals surface area contributed by atoms with Gasteiger partial charge in [0.15, 0.2) is 0 Å². The molecule has 7 rings (SSSR count). The molecule has 5 heterocycles. The van der Waals surface area contributed by atoms with Crippen LogP contribution in [0.4, 0.5) is 5.00 Å². The lowest BCUT2D eigenvalue weighted by Crippen LogP contribution is -2.30. The predicted molar refractivity (Wildman–Crippen MR) is 163 cm³/mol. The molecular formula is C29H24N4OS4. The normalized spacial score (nSPS) is 13.8. The largest absolute Gasteiger partial charge is 0.312 e. The number of nitrogens with one attached hydrogen (secondary N) is 1. The van der Waals surface area contributed by atoms with Crippen LogP contribution < -0.4 is 5.32 Å².